The molecule has 0 unspecified atom stereocenters. The number of nitro benzene ring substituents is 2. The van der Waals surface area contributed by atoms with Gasteiger partial charge in [-0.25, -0.2) is 0 Å². The van der Waals surface area contributed by atoms with Crippen LogP contribution in [0.25, 0.3) is 0 Å². The molecule has 182 valence electrons. The van der Waals surface area contributed by atoms with Crippen LogP contribution in [0.3, 0.4) is 0 Å². The van der Waals surface area contributed by atoms with Gasteiger partial charge in [-0.3, -0.25) is 40.5 Å². The minimum atomic E-state index is -0.587. The summed E-state index contributed by atoms with van der Waals surface area (Å²) in [5.41, 5.74) is 0.983. The van der Waals surface area contributed by atoms with Crippen LogP contribution in [0.5, 0.6) is 0 Å². The third-order valence-electron chi connectivity index (χ3n) is 4.51. The van der Waals surface area contributed by atoms with E-state index in [0.29, 0.717) is 11.4 Å². The molecular formula is C22H16N6O6S2. The Balaban J connectivity index is 1.57. The molecule has 0 atom stereocenters. The summed E-state index contributed by atoms with van der Waals surface area (Å²) in [7, 11) is 0. The second kappa shape index (κ2) is 11.5. The first-order valence-electron chi connectivity index (χ1n) is 9.96. The molecule has 3 rings (SSSR count). The minimum Gasteiger partial charge on any atom is -0.332 e. The fraction of sp³-hybridized carbons (Fsp3) is 0. The van der Waals surface area contributed by atoms with E-state index in [1.807, 2.05) is 0 Å². The van der Waals surface area contributed by atoms with Crippen LogP contribution >= 0.6 is 24.4 Å². The molecule has 3 aromatic carbocycles. The van der Waals surface area contributed by atoms with E-state index in [1.54, 1.807) is 0 Å². The highest BCUT2D eigenvalue weighted by molar-refractivity contribution is 7.80. The lowest BCUT2D eigenvalue weighted by Gasteiger charge is -2.11. The zero-order valence-corrected chi connectivity index (χ0v) is 19.7. The van der Waals surface area contributed by atoms with Crippen molar-refractivity contribution in [2.75, 3.05) is 10.6 Å². The highest BCUT2D eigenvalue weighted by Crippen LogP contribution is 2.16. The van der Waals surface area contributed by atoms with Crippen molar-refractivity contribution in [3.05, 3.63) is 104 Å². The van der Waals surface area contributed by atoms with E-state index in [1.165, 1.54) is 72.8 Å². The Kier molecular flexibility index (Phi) is 8.27. The van der Waals surface area contributed by atoms with E-state index < -0.39 is 21.7 Å². The maximum Gasteiger partial charge on any atom is 0.269 e. The summed E-state index contributed by atoms with van der Waals surface area (Å²) in [4.78, 5) is 45.5. The number of amides is 2. The lowest BCUT2D eigenvalue weighted by molar-refractivity contribution is -0.385. The minimum absolute atomic E-state index is 0.0443. The summed E-state index contributed by atoms with van der Waals surface area (Å²) in [6, 6.07) is 16.7. The summed E-state index contributed by atoms with van der Waals surface area (Å²) < 4.78 is 0. The zero-order valence-electron chi connectivity index (χ0n) is 18.1. The zero-order chi connectivity index (χ0) is 26.2. The molecule has 3 aromatic rings. The molecule has 4 N–H and O–H groups in total. The van der Waals surface area contributed by atoms with Gasteiger partial charge >= 0.3 is 0 Å². The van der Waals surface area contributed by atoms with Crippen LogP contribution in [-0.4, -0.2) is 31.9 Å². The quantitative estimate of drug-likeness (QED) is 0.212. The van der Waals surface area contributed by atoms with Gasteiger partial charge in [-0.05, 0) is 66.9 Å². The molecule has 14 heteroatoms. The second-order valence-electron chi connectivity index (χ2n) is 7.01. The molecule has 0 bridgehead atoms. The van der Waals surface area contributed by atoms with E-state index in [2.05, 4.69) is 21.3 Å². The molecule has 2 amide bonds. The van der Waals surface area contributed by atoms with Crippen molar-refractivity contribution in [3.8, 4) is 0 Å². The molecule has 0 radical (unpaired) electrons. The third kappa shape index (κ3) is 7.09. The Morgan fingerprint density at radius 3 is 1.33 bits per heavy atom. The van der Waals surface area contributed by atoms with E-state index in [-0.39, 0.29) is 32.7 Å². The van der Waals surface area contributed by atoms with Gasteiger partial charge in [0.05, 0.1) is 9.85 Å². The molecule has 36 heavy (non-hydrogen) atoms. The smallest absolute Gasteiger partial charge is 0.269 e. The highest BCUT2D eigenvalue weighted by atomic mass is 32.1. The number of hydrogen-bond donors (Lipinski definition) is 4. The largest absolute Gasteiger partial charge is 0.332 e. The van der Waals surface area contributed by atoms with E-state index in [0.717, 1.165) is 0 Å². The predicted molar refractivity (Wildman–Crippen MR) is 140 cm³/mol. The van der Waals surface area contributed by atoms with Gasteiger partial charge in [-0.2, -0.15) is 0 Å². The van der Waals surface area contributed by atoms with Gasteiger partial charge < -0.3 is 10.6 Å². The van der Waals surface area contributed by atoms with Crippen molar-refractivity contribution >= 4 is 69.2 Å². The molecule has 12 nitrogen and oxygen atoms in total. The third-order valence-corrected chi connectivity index (χ3v) is 4.92. The van der Waals surface area contributed by atoms with Gasteiger partial charge in [0.15, 0.2) is 10.2 Å². The molecule has 0 spiro atoms. The number of nitro groups is 2. The second-order valence-corrected chi connectivity index (χ2v) is 7.82. The number of nitrogens with zero attached hydrogens (tertiary/aromatic N) is 2. The van der Waals surface area contributed by atoms with Crippen molar-refractivity contribution in [2.24, 2.45) is 0 Å². The first-order chi connectivity index (χ1) is 17.1. The number of nitrogens with one attached hydrogen (secondary N) is 4. The summed E-state index contributed by atoms with van der Waals surface area (Å²) in [6.07, 6.45) is 0. The molecule has 0 saturated carbocycles. The molecule has 0 saturated heterocycles. The van der Waals surface area contributed by atoms with Crippen LogP contribution in [0.4, 0.5) is 22.7 Å². The number of rotatable bonds is 6. The van der Waals surface area contributed by atoms with Crippen LogP contribution in [-0.2, 0) is 0 Å². The molecule has 0 fully saturated rings. The topological polar surface area (TPSA) is 169 Å². The Bertz CT molecular complexity index is 1260. The number of benzene rings is 3. The normalized spacial score (nSPS) is 10.0. The van der Waals surface area contributed by atoms with Crippen LogP contribution in [0.15, 0.2) is 72.8 Å². The summed E-state index contributed by atoms with van der Waals surface area (Å²) >= 11 is 10.2. The van der Waals surface area contributed by atoms with Crippen LogP contribution in [0.2, 0.25) is 0 Å². The Morgan fingerprint density at radius 2 is 1.00 bits per heavy atom. The van der Waals surface area contributed by atoms with Crippen LogP contribution in [0, 0.1) is 20.2 Å². The van der Waals surface area contributed by atoms with Gasteiger partial charge in [-0.15, -0.1) is 0 Å². The Morgan fingerprint density at radius 1 is 0.639 bits per heavy atom. The average molecular weight is 525 g/mol. The van der Waals surface area contributed by atoms with Gasteiger partial charge in [-0.1, -0.05) is 6.07 Å². The molecule has 0 aromatic heterocycles. The van der Waals surface area contributed by atoms with Crippen LogP contribution in [0.1, 0.15) is 20.7 Å². The lowest BCUT2D eigenvalue weighted by Crippen LogP contribution is -2.35. The van der Waals surface area contributed by atoms with Crippen molar-refractivity contribution in [1.82, 2.24) is 10.6 Å². The predicted octanol–water partition coefficient (Wildman–Crippen LogP) is 3.76. The number of hydrogen-bond acceptors (Lipinski definition) is 8. The fourth-order valence-electron chi connectivity index (χ4n) is 2.81. The van der Waals surface area contributed by atoms with Crippen molar-refractivity contribution < 1.29 is 19.4 Å². The maximum atomic E-state index is 12.6. The number of thiocarbonyl (C=S) groups is 2. The average Bonchev–Trinajstić information content (AvgIpc) is 2.84. The summed E-state index contributed by atoms with van der Waals surface area (Å²) in [6.45, 7) is 0. The molecule has 0 aliphatic heterocycles. The van der Waals surface area contributed by atoms with Crippen molar-refractivity contribution in [3.63, 3.8) is 0 Å². The SMILES string of the molecule is O=C(NC(=S)Nc1ccc([N+](=O)[O-])cc1)c1cccc(C(=O)NC(=S)Nc2ccc([N+](=O)[O-])cc2)c1. The lowest BCUT2D eigenvalue weighted by atomic mass is 10.1. The number of carbonyl (C=O) groups is 2. The van der Waals surface area contributed by atoms with E-state index >= 15 is 0 Å². The first kappa shape index (κ1) is 25.8. The monoisotopic (exact) mass is 524 g/mol. The van der Waals surface area contributed by atoms with Gasteiger partial charge in [0.25, 0.3) is 23.2 Å². The summed E-state index contributed by atoms with van der Waals surface area (Å²) in [5.74, 6) is -1.17. The molecule has 0 heterocycles. The van der Waals surface area contributed by atoms with Crippen molar-refractivity contribution in [2.45, 2.75) is 0 Å². The molecule has 0 aliphatic rings. The van der Waals surface area contributed by atoms with Gasteiger partial charge in [0.1, 0.15) is 0 Å². The van der Waals surface area contributed by atoms with E-state index in [9.17, 15) is 29.8 Å². The maximum absolute atomic E-state index is 12.6. The standard InChI is InChI=1S/C22H16N6O6S2/c29-19(25-21(35)23-15-4-8-17(9-5-15)27(31)32)13-2-1-3-14(12-13)20(30)26-22(36)24-16-6-10-18(11-7-16)28(33)34/h1-12H,(H2,23,25,29,35)(H2,24,26,30,36). The highest BCUT2D eigenvalue weighted by Gasteiger charge is 2.14. The Hall–Kier alpha value is -4.82. The van der Waals surface area contributed by atoms with Crippen molar-refractivity contribution in [1.29, 1.82) is 0 Å². The molecular weight excluding hydrogens is 508 g/mol. The van der Waals surface area contributed by atoms with Gasteiger partial charge in [0.2, 0.25) is 0 Å². The number of non-ortho nitro benzene ring substituents is 2. The fourth-order valence-corrected chi connectivity index (χ4v) is 3.23. The molecule has 0 aliphatic carbocycles. The number of carbonyl (C=O) groups excluding carboxylic acids is 2. The number of anilines is 2. The van der Waals surface area contributed by atoms with Gasteiger partial charge in [0, 0.05) is 46.8 Å². The van der Waals surface area contributed by atoms with Crippen LogP contribution < -0.4 is 21.3 Å². The Labute approximate surface area is 214 Å². The summed E-state index contributed by atoms with van der Waals surface area (Å²) in [5, 5.41) is 31.8. The first-order valence-corrected chi connectivity index (χ1v) is 10.8. The van der Waals surface area contributed by atoms with E-state index in [4.69, 9.17) is 24.4 Å².